The molecule has 0 spiro atoms. The van der Waals surface area contributed by atoms with Crippen molar-refractivity contribution >= 4 is 56.2 Å². The molecule has 0 aromatic heterocycles. The summed E-state index contributed by atoms with van der Waals surface area (Å²) in [5.74, 6) is 2.99. The number of nitrogens with zero attached hydrogens (tertiary/aromatic N) is 1. The fourth-order valence-corrected chi connectivity index (χ4v) is 6.65. The highest BCUT2D eigenvalue weighted by atomic mass is 79.9. The second kappa shape index (κ2) is 20.6. The number of rotatable bonds is 9. The Balaban J connectivity index is 0.000000155. The first kappa shape index (κ1) is 38.9. The van der Waals surface area contributed by atoms with Crippen molar-refractivity contribution in [2.75, 3.05) is 4.90 Å². The summed E-state index contributed by atoms with van der Waals surface area (Å²) in [6.45, 7) is 0. The second-order valence-corrected chi connectivity index (χ2v) is 14.0. The van der Waals surface area contributed by atoms with Crippen molar-refractivity contribution in [3.05, 3.63) is 244 Å². The maximum absolute atomic E-state index is 6.43. The van der Waals surface area contributed by atoms with E-state index in [1.54, 1.807) is 6.07 Å². The van der Waals surface area contributed by atoms with Crippen LogP contribution in [0, 0.1) is 0 Å². The molecule has 8 aromatic rings. The van der Waals surface area contributed by atoms with Crippen LogP contribution >= 0.6 is 39.1 Å². The number of ether oxygens (including phenoxy) is 2. The van der Waals surface area contributed by atoms with E-state index in [4.69, 9.17) is 32.7 Å². The van der Waals surface area contributed by atoms with Crippen molar-refractivity contribution < 1.29 is 9.47 Å². The molecule has 8 aromatic carbocycles. The molecule has 3 nitrogen and oxygen atoms in total. The van der Waals surface area contributed by atoms with Crippen LogP contribution in [0.1, 0.15) is 11.1 Å². The normalized spacial score (nSPS) is 10.2. The van der Waals surface area contributed by atoms with E-state index in [1.807, 2.05) is 127 Å². The molecule has 0 saturated heterocycles. The molecule has 55 heavy (non-hydrogen) atoms. The lowest BCUT2D eigenvalue weighted by Crippen LogP contribution is -2.09. The molecule has 0 unspecified atom stereocenters. The molecule has 0 aliphatic rings. The summed E-state index contributed by atoms with van der Waals surface area (Å²) < 4.78 is 12.5. The van der Waals surface area contributed by atoms with Crippen molar-refractivity contribution in [1.82, 2.24) is 0 Å². The monoisotopic (exact) mass is 821 g/mol. The van der Waals surface area contributed by atoms with Crippen LogP contribution < -0.4 is 14.4 Å². The lowest BCUT2D eigenvalue weighted by atomic mass is 10.1. The lowest BCUT2D eigenvalue weighted by Gasteiger charge is -2.26. The molecule has 0 radical (unpaired) electrons. The van der Waals surface area contributed by atoms with Crippen molar-refractivity contribution in [1.29, 1.82) is 0 Å². The molecule has 6 heteroatoms. The van der Waals surface area contributed by atoms with Crippen molar-refractivity contribution in [2.45, 2.75) is 6.42 Å². The third-order valence-electron chi connectivity index (χ3n) is 8.03. The van der Waals surface area contributed by atoms with Gasteiger partial charge in [-0.05, 0) is 96.4 Å². The van der Waals surface area contributed by atoms with Gasteiger partial charge in [-0.25, -0.2) is 0 Å². The Hall–Kier alpha value is -5.78. The van der Waals surface area contributed by atoms with Gasteiger partial charge in [0.05, 0.1) is 5.69 Å². The minimum absolute atomic E-state index is 0.621. The molecule has 0 aliphatic carbocycles. The zero-order valence-corrected chi connectivity index (χ0v) is 33.0. The third kappa shape index (κ3) is 12.7. The van der Waals surface area contributed by atoms with E-state index in [1.165, 1.54) is 11.1 Å². The van der Waals surface area contributed by atoms with Gasteiger partial charge in [0.2, 0.25) is 0 Å². The lowest BCUT2D eigenvalue weighted by molar-refractivity contribution is 0.482. The van der Waals surface area contributed by atoms with Gasteiger partial charge in [-0.15, -0.1) is 0 Å². The van der Waals surface area contributed by atoms with Gasteiger partial charge in [0, 0.05) is 32.0 Å². The summed E-state index contributed by atoms with van der Waals surface area (Å²) in [6, 6.07) is 72.0. The van der Waals surface area contributed by atoms with Gasteiger partial charge in [-0.2, -0.15) is 0 Å². The van der Waals surface area contributed by atoms with Gasteiger partial charge in [0.1, 0.15) is 23.0 Å². The molecule has 0 saturated carbocycles. The fourth-order valence-electron chi connectivity index (χ4n) is 5.60. The van der Waals surface area contributed by atoms with Crippen molar-refractivity contribution in [3.63, 3.8) is 0 Å². The van der Waals surface area contributed by atoms with Crippen LogP contribution in [0.4, 0.5) is 17.1 Å². The molecule has 0 fully saturated rings. The Morgan fingerprint density at radius 1 is 0.364 bits per heavy atom. The van der Waals surface area contributed by atoms with E-state index in [-0.39, 0.29) is 0 Å². The summed E-state index contributed by atoms with van der Waals surface area (Å²) in [7, 11) is 0. The first-order chi connectivity index (χ1) is 27.0. The van der Waals surface area contributed by atoms with E-state index in [0.717, 1.165) is 45.2 Å². The summed E-state index contributed by atoms with van der Waals surface area (Å²) in [5.41, 5.74) is 5.78. The molecule has 0 N–H and O–H groups in total. The summed E-state index contributed by atoms with van der Waals surface area (Å²) in [6.07, 6.45) is 1.03. The standard InChI is InChI=1S/C24H18ClNO.C13H12.C12H8BrClO/c25-19-16-22(18-24(17-19)27-23-14-8-3-9-15-23)26(20-10-4-1-5-11-20)21-12-6-2-7-13-21;1-3-7-12(8-4-1)11-13-9-5-2-6-10-13;13-9-6-10(14)8-12(7-9)15-11-4-2-1-3-5-11/h1-18H;1-10H,11H2;1-8H. The van der Waals surface area contributed by atoms with Crippen molar-refractivity contribution in [2.24, 2.45) is 0 Å². The highest BCUT2D eigenvalue weighted by Crippen LogP contribution is 2.38. The average Bonchev–Trinajstić information content (AvgIpc) is 3.20. The van der Waals surface area contributed by atoms with Gasteiger partial charge in [0.25, 0.3) is 0 Å². The predicted molar refractivity (Wildman–Crippen MR) is 234 cm³/mol. The maximum atomic E-state index is 6.43. The minimum Gasteiger partial charge on any atom is -0.457 e. The quantitative estimate of drug-likeness (QED) is 0.145. The van der Waals surface area contributed by atoms with E-state index < -0.39 is 0 Å². The molecular weight excluding hydrogens is 785 g/mol. The smallest absolute Gasteiger partial charge is 0.131 e. The van der Waals surface area contributed by atoms with Crippen LogP contribution in [-0.4, -0.2) is 0 Å². The van der Waals surface area contributed by atoms with Crippen LogP contribution in [-0.2, 0) is 6.42 Å². The van der Waals surface area contributed by atoms with Gasteiger partial charge < -0.3 is 14.4 Å². The summed E-state index contributed by atoms with van der Waals surface area (Å²) >= 11 is 15.7. The minimum atomic E-state index is 0.621. The molecular formula is C49H38BrCl2NO2. The summed E-state index contributed by atoms with van der Waals surface area (Å²) in [4.78, 5) is 2.16. The number of benzene rings is 8. The molecule has 0 atom stereocenters. The number of anilines is 3. The van der Waals surface area contributed by atoms with E-state index in [0.29, 0.717) is 15.8 Å². The average molecular weight is 824 g/mol. The Morgan fingerprint density at radius 3 is 1.15 bits per heavy atom. The van der Waals surface area contributed by atoms with E-state index in [2.05, 4.69) is 106 Å². The third-order valence-corrected chi connectivity index (χ3v) is 8.93. The number of hydrogen-bond acceptors (Lipinski definition) is 3. The highest BCUT2D eigenvalue weighted by molar-refractivity contribution is 9.10. The number of para-hydroxylation sites is 4. The molecule has 0 bridgehead atoms. The molecule has 272 valence electrons. The number of halogens is 3. The first-order valence-corrected chi connectivity index (χ1v) is 19.2. The van der Waals surface area contributed by atoms with E-state index >= 15 is 0 Å². The topological polar surface area (TPSA) is 21.7 Å². The number of hydrogen-bond donors (Lipinski definition) is 0. The van der Waals surface area contributed by atoms with Crippen LogP contribution in [0.2, 0.25) is 10.0 Å². The Kier molecular flexibility index (Phi) is 14.6. The van der Waals surface area contributed by atoms with Crippen LogP contribution in [0.15, 0.2) is 223 Å². The van der Waals surface area contributed by atoms with Crippen LogP contribution in [0.25, 0.3) is 0 Å². The SMILES string of the molecule is Clc1cc(Br)cc(Oc2ccccc2)c1.Clc1cc(Oc2ccccc2)cc(N(c2ccccc2)c2ccccc2)c1.c1ccc(Cc2ccccc2)cc1. The zero-order valence-electron chi connectivity index (χ0n) is 29.9. The molecule has 0 aliphatic heterocycles. The molecule has 0 amide bonds. The van der Waals surface area contributed by atoms with Gasteiger partial charge >= 0.3 is 0 Å². The van der Waals surface area contributed by atoms with Crippen LogP contribution in [0.3, 0.4) is 0 Å². The Morgan fingerprint density at radius 2 is 0.727 bits per heavy atom. The van der Waals surface area contributed by atoms with Gasteiger partial charge in [0.15, 0.2) is 0 Å². The predicted octanol–water partition coefficient (Wildman–Crippen LogP) is 15.8. The van der Waals surface area contributed by atoms with Gasteiger partial charge in [-0.3, -0.25) is 0 Å². The molecule has 8 rings (SSSR count). The second-order valence-electron chi connectivity index (χ2n) is 12.2. The Labute approximate surface area is 342 Å². The van der Waals surface area contributed by atoms with E-state index in [9.17, 15) is 0 Å². The largest absolute Gasteiger partial charge is 0.457 e. The Bertz CT molecular complexity index is 2220. The zero-order chi connectivity index (χ0) is 38.1. The van der Waals surface area contributed by atoms with Gasteiger partial charge in [-0.1, -0.05) is 173 Å². The highest BCUT2D eigenvalue weighted by Gasteiger charge is 2.14. The fraction of sp³-hybridized carbons (Fsp3) is 0.0204. The first-order valence-electron chi connectivity index (χ1n) is 17.7. The summed E-state index contributed by atoms with van der Waals surface area (Å²) in [5, 5.41) is 1.27. The van der Waals surface area contributed by atoms with Crippen molar-refractivity contribution in [3.8, 4) is 23.0 Å². The molecule has 0 heterocycles. The van der Waals surface area contributed by atoms with Crippen LogP contribution in [0.5, 0.6) is 23.0 Å². The maximum Gasteiger partial charge on any atom is 0.131 e.